The Morgan fingerprint density at radius 1 is 0.875 bits per heavy atom. The Bertz CT molecular complexity index is 1340. The van der Waals surface area contributed by atoms with Crippen LogP contribution < -0.4 is 19.6 Å². The maximum Gasteiger partial charge on any atom is 0.204 e. The van der Waals surface area contributed by atoms with E-state index in [-0.39, 0.29) is 5.43 Å². The second kappa shape index (κ2) is 9.16. The van der Waals surface area contributed by atoms with Gasteiger partial charge in [0.15, 0.2) is 11.5 Å². The van der Waals surface area contributed by atoms with E-state index in [2.05, 4.69) is 0 Å². The standard InChI is InChI=1S/C25H21ClN2O4/c1-30-22-14-16(15-23(31-2)25(22)32-3)8-13-20-19-6-4-5-7-21(29)24(19)28(27-20)18-11-9-17(26)10-12-18/h4-15H,1-3H3/b13-8+. The van der Waals surface area contributed by atoms with Crippen molar-refractivity contribution >= 4 is 34.7 Å². The number of hydrogen-bond donors (Lipinski definition) is 0. The SMILES string of the molecule is COc1cc(/C=C/c2nn(-c3ccc(Cl)cc3)c3c(=O)ccccc23)cc(OC)c1OC. The van der Waals surface area contributed by atoms with Crippen LogP contribution in [0.15, 0.2) is 65.5 Å². The van der Waals surface area contributed by atoms with Gasteiger partial charge in [-0.3, -0.25) is 4.79 Å². The first-order chi connectivity index (χ1) is 15.5. The number of benzene rings is 2. The summed E-state index contributed by atoms with van der Waals surface area (Å²) in [5, 5.41) is 6.06. The zero-order valence-corrected chi connectivity index (χ0v) is 18.6. The van der Waals surface area contributed by atoms with Crippen molar-refractivity contribution in [2.45, 2.75) is 0 Å². The average Bonchev–Trinajstić information content (AvgIpc) is 3.07. The molecule has 0 aliphatic heterocycles. The predicted octanol–water partition coefficient (Wildman–Crippen LogP) is 5.24. The summed E-state index contributed by atoms with van der Waals surface area (Å²) in [6.45, 7) is 0. The monoisotopic (exact) mass is 448 g/mol. The lowest BCUT2D eigenvalue weighted by Crippen LogP contribution is -2.04. The highest BCUT2D eigenvalue weighted by atomic mass is 35.5. The summed E-state index contributed by atoms with van der Waals surface area (Å²) in [6, 6.07) is 17.8. The number of methoxy groups -OCH3 is 3. The maximum atomic E-state index is 12.8. The molecule has 1 aromatic heterocycles. The summed E-state index contributed by atoms with van der Waals surface area (Å²) in [6.07, 6.45) is 3.74. The Kier molecular flexibility index (Phi) is 6.14. The second-order valence-corrected chi connectivity index (χ2v) is 7.35. The van der Waals surface area contributed by atoms with Crippen molar-refractivity contribution in [1.29, 1.82) is 0 Å². The first kappa shape index (κ1) is 21.5. The number of hydrogen-bond acceptors (Lipinski definition) is 5. The number of rotatable bonds is 6. The molecule has 0 unspecified atom stereocenters. The van der Waals surface area contributed by atoms with Crippen LogP contribution in [0.2, 0.25) is 5.02 Å². The smallest absolute Gasteiger partial charge is 0.204 e. The normalized spacial score (nSPS) is 11.1. The molecule has 4 rings (SSSR count). The van der Waals surface area contributed by atoms with Crippen molar-refractivity contribution < 1.29 is 14.2 Å². The third kappa shape index (κ3) is 4.05. The highest BCUT2D eigenvalue weighted by Gasteiger charge is 2.14. The molecule has 0 fully saturated rings. The molecule has 1 heterocycles. The lowest BCUT2D eigenvalue weighted by molar-refractivity contribution is 0.324. The number of fused-ring (bicyclic) bond motifs is 1. The van der Waals surface area contributed by atoms with E-state index in [0.717, 1.165) is 16.6 Å². The van der Waals surface area contributed by atoms with E-state index in [4.69, 9.17) is 30.9 Å². The lowest BCUT2D eigenvalue weighted by atomic mass is 10.1. The first-order valence-electron chi connectivity index (χ1n) is 9.82. The number of halogens is 1. The van der Waals surface area contributed by atoms with Gasteiger partial charge in [0.2, 0.25) is 11.2 Å². The fourth-order valence-electron chi connectivity index (χ4n) is 3.49. The van der Waals surface area contributed by atoms with Crippen LogP contribution in [0.25, 0.3) is 28.7 Å². The van der Waals surface area contributed by atoms with Gasteiger partial charge in [-0.2, -0.15) is 5.10 Å². The van der Waals surface area contributed by atoms with E-state index in [1.807, 2.05) is 48.6 Å². The zero-order chi connectivity index (χ0) is 22.7. The molecule has 0 amide bonds. The largest absolute Gasteiger partial charge is 0.493 e. The summed E-state index contributed by atoms with van der Waals surface area (Å²) in [5.41, 5.74) is 2.59. The quantitative estimate of drug-likeness (QED) is 0.404. The molecule has 0 spiro atoms. The van der Waals surface area contributed by atoms with Gasteiger partial charge in [-0.15, -0.1) is 0 Å². The van der Waals surface area contributed by atoms with Crippen LogP contribution in [0.4, 0.5) is 0 Å². The molecule has 4 aromatic rings. The molecule has 0 radical (unpaired) electrons. The highest BCUT2D eigenvalue weighted by molar-refractivity contribution is 6.30. The minimum atomic E-state index is -0.125. The summed E-state index contributed by atoms with van der Waals surface area (Å²) in [5.74, 6) is 1.63. The summed E-state index contributed by atoms with van der Waals surface area (Å²) >= 11 is 6.03. The van der Waals surface area contributed by atoms with E-state index >= 15 is 0 Å². The van der Waals surface area contributed by atoms with Crippen molar-refractivity contribution in [2.24, 2.45) is 0 Å². The Balaban J connectivity index is 1.87. The molecular formula is C25H21ClN2O4. The minimum Gasteiger partial charge on any atom is -0.493 e. The van der Waals surface area contributed by atoms with Crippen molar-refractivity contribution in [3.05, 3.63) is 87.2 Å². The van der Waals surface area contributed by atoms with Crippen LogP contribution in [0, 0.1) is 0 Å². The minimum absolute atomic E-state index is 0.125. The number of nitrogens with zero attached hydrogens (tertiary/aromatic N) is 2. The Morgan fingerprint density at radius 2 is 1.53 bits per heavy atom. The lowest BCUT2D eigenvalue weighted by Gasteiger charge is -2.12. The second-order valence-electron chi connectivity index (χ2n) is 6.91. The number of aromatic nitrogens is 2. The topological polar surface area (TPSA) is 62.6 Å². The van der Waals surface area contributed by atoms with Gasteiger partial charge in [0.25, 0.3) is 0 Å². The Labute approximate surface area is 190 Å². The molecule has 162 valence electrons. The summed E-state index contributed by atoms with van der Waals surface area (Å²) < 4.78 is 17.9. The van der Waals surface area contributed by atoms with Crippen LogP contribution in [-0.4, -0.2) is 31.1 Å². The van der Waals surface area contributed by atoms with Crippen molar-refractivity contribution in [3.8, 4) is 22.9 Å². The van der Waals surface area contributed by atoms with Gasteiger partial charge in [0.1, 0.15) is 5.52 Å². The van der Waals surface area contributed by atoms with E-state index in [1.54, 1.807) is 44.2 Å². The maximum absolute atomic E-state index is 12.8. The Hall–Kier alpha value is -3.77. The molecule has 3 aromatic carbocycles. The van der Waals surface area contributed by atoms with Gasteiger partial charge in [-0.25, -0.2) is 4.68 Å². The fraction of sp³-hybridized carbons (Fsp3) is 0.120. The average molecular weight is 449 g/mol. The van der Waals surface area contributed by atoms with Gasteiger partial charge in [0.05, 0.1) is 32.7 Å². The van der Waals surface area contributed by atoms with E-state index in [0.29, 0.717) is 33.5 Å². The molecule has 32 heavy (non-hydrogen) atoms. The molecule has 0 aliphatic rings. The van der Waals surface area contributed by atoms with Crippen LogP contribution in [-0.2, 0) is 0 Å². The van der Waals surface area contributed by atoms with Crippen molar-refractivity contribution in [3.63, 3.8) is 0 Å². The molecule has 0 saturated carbocycles. The van der Waals surface area contributed by atoms with Crippen LogP contribution in [0.3, 0.4) is 0 Å². The van der Waals surface area contributed by atoms with Gasteiger partial charge in [0, 0.05) is 10.4 Å². The molecule has 0 saturated heterocycles. The third-order valence-electron chi connectivity index (χ3n) is 5.00. The van der Waals surface area contributed by atoms with E-state index in [9.17, 15) is 4.79 Å². The molecule has 6 nitrogen and oxygen atoms in total. The first-order valence-corrected chi connectivity index (χ1v) is 10.2. The molecule has 0 bridgehead atoms. The van der Waals surface area contributed by atoms with Gasteiger partial charge >= 0.3 is 0 Å². The van der Waals surface area contributed by atoms with E-state index < -0.39 is 0 Å². The predicted molar refractivity (Wildman–Crippen MR) is 127 cm³/mol. The zero-order valence-electron chi connectivity index (χ0n) is 17.8. The van der Waals surface area contributed by atoms with Crippen molar-refractivity contribution in [2.75, 3.05) is 21.3 Å². The van der Waals surface area contributed by atoms with Crippen LogP contribution in [0.5, 0.6) is 17.2 Å². The van der Waals surface area contributed by atoms with Crippen LogP contribution >= 0.6 is 11.6 Å². The summed E-state index contributed by atoms with van der Waals surface area (Å²) in [7, 11) is 4.70. The molecule has 7 heteroatoms. The summed E-state index contributed by atoms with van der Waals surface area (Å²) in [4.78, 5) is 12.8. The molecular weight excluding hydrogens is 428 g/mol. The van der Waals surface area contributed by atoms with Crippen LogP contribution in [0.1, 0.15) is 11.3 Å². The van der Waals surface area contributed by atoms with Gasteiger partial charge in [-0.1, -0.05) is 35.9 Å². The Morgan fingerprint density at radius 3 is 2.16 bits per heavy atom. The molecule has 0 aliphatic carbocycles. The van der Waals surface area contributed by atoms with E-state index in [1.165, 1.54) is 6.07 Å². The molecule has 0 N–H and O–H groups in total. The van der Waals surface area contributed by atoms with Crippen molar-refractivity contribution in [1.82, 2.24) is 9.78 Å². The fourth-order valence-corrected chi connectivity index (χ4v) is 3.61. The molecule has 0 atom stereocenters. The highest BCUT2D eigenvalue weighted by Crippen LogP contribution is 2.38. The number of ether oxygens (including phenoxy) is 3. The van der Waals surface area contributed by atoms with Gasteiger partial charge < -0.3 is 14.2 Å². The third-order valence-corrected chi connectivity index (χ3v) is 5.25. The van der Waals surface area contributed by atoms with Gasteiger partial charge in [-0.05, 0) is 54.1 Å².